The lowest BCUT2D eigenvalue weighted by Gasteiger charge is -2.09. The number of pyridine rings is 1. The third kappa shape index (κ3) is 2.78. The minimum absolute atomic E-state index is 0.0164. The lowest BCUT2D eigenvalue weighted by Crippen LogP contribution is -2.14. The van der Waals surface area contributed by atoms with E-state index >= 15 is 0 Å². The third-order valence-corrected chi connectivity index (χ3v) is 3.55. The number of nitrogens with zero attached hydrogens (tertiary/aromatic N) is 1. The normalized spacial score (nSPS) is 10.6. The molecule has 0 unspecified atom stereocenters. The molecule has 1 N–H and O–H groups in total. The summed E-state index contributed by atoms with van der Waals surface area (Å²) < 4.78 is 14.4. The summed E-state index contributed by atoms with van der Waals surface area (Å²) in [7, 11) is 0. The number of rotatable bonds is 2. The van der Waals surface area contributed by atoms with E-state index in [0.29, 0.717) is 15.7 Å². The zero-order chi connectivity index (χ0) is 14.8. The average molecular weight is 345 g/mol. The molecule has 5 heteroatoms. The molecule has 0 bridgehead atoms. The van der Waals surface area contributed by atoms with Crippen molar-refractivity contribution in [2.24, 2.45) is 0 Å². The molecule has 1 heterocycles. The molecule has 0 aliphatic rings. The van der Waals surface area contributed by atoms with Crippen molar-refractivity contribution >= 4 is 38.4 Å². The summed E-state index contributed by atoms with van der Waals surface area (Å²) in [6.45, 7) is 0. The van der Waals surface area contributed by atoms with Crippen LogP contribution in [0.2, 0.25) is 0 Å². The number of para-hydroxylation sites is 1. The largest absolute Gasteiger partial charge is 0.320 e. The highest BCUT2D eigenvalue weighted by Gasteiger charge is 2.13. The Morgan fingerprint density at radius 2 is 1.95 bits per heavy atom. The van der Waals surface area contributed by atoms with E-state index in [1.807, 2.05) is 24.3 Å². The van der Waals surface area contributed by atoms with Crippen LogP contribution in [0.4, 0.5) is 10.1 Å². The molecule has 2 aromatic carbocycles. The Hall–Kier alpha value is -2.27. The quantitative estimate of drug-likeness (QED) is 0.749. The van der Waals surface area contributed by atoms with E-state index in [0.717, 1.165) is 5.39 Å². The Kier molecular flexibility index (Phi) is 3.66. The van der Waals surface area contributed by atoms with Crippen molar-refractivity contribution in [1.29, 1.82) is 0 Å². The molecule has 104 valence electrons. The second-order valence-corrected chi connectivity index (χ2v) is 5.37. The maximum atomic E-state index is 13.7. The van der Waals surface area contributed by atoms with E-state index in [4.69, 9.17) is 0 Å². The monoisotopic (exact) mass is 344 g/mol. The first-order valence-corrected chi connectivity index (χ1v) is 7.04. The van der Waals surface area contributed by atoms with Crippen LogP contribution in [0.5, 0.6) is 0 Å². The fourth-order valence-corrected chi connectivity index (χ4v) is 2.43. The highest BCUT2D eigenvalue weighted by molar-refractivity contribution is 9.10. The van der Waals surface area contributed by atoms with Crippen LogP contribution in [0.3, 0.4) is 0 Å². The molecule has 0 spiro atoms. The van der Waals surface area contributed by atoms with E-state index in [1.54, 1.807) is 18.3 Å². The fourth-order valence-electron chi connectivity index (χ4n) is 2.07. The minimum Gasteiger partial charge on any atom is -0.320 e. The summed E-state index contributed by atoms with van der Waals surface area (Å²) in [5.41, 5.74) is 1.21. The number of carbonyl (C=O) groups is 1. The van der Waals surface area contributed by atoms with Gasteiger partial charge in [0.15, 0.2) is 0 Å². The van der Waals surface area contributed by atoms with Gasteiger partial charge in [-0.3, -0.25) is 9.78 Å². The fraction of sp³-hybridized carbons (Fsp3) is 0. The first-order chi connectivity index (χ1) is 10.1. The van der Waals surface area contributed by atoms with Gasteiger partial charge in [-0.25, -0.2) is 4.39 Å². The summed E-state index contributed by atoms with van der Waals surface area (Å²) in [6, 6.07) is 13.4. The standard InChI is InChI=1S/C16H10BrFN2O/c17-11-6-7-13(18)12(9-11)16(21)20-14-5-1-3-10-4-2-8-19-15(10)14/h1-9H,(H,20,21). The molecule has 3 rings (SSSR count). The van der Waals surface area contributed by atoms with Gasteiger partial charge in [0.25, 0.3) is 5.91 Å². The molecule has 3 nitrogen and oxygen atoms in total. The highest BCUT2D eigenvalue weighted by atomic mass is 79.9. The van der Waals surface area contributed by atoms with Gasteiger partial charge < -0.3 is 5.32 Å². The first-order valence-electron chi connectivity index (χ1n) is 6.25. The molecule has 0 saturated carbocycles. The number of aromatic nitrogens is 1. The van der Waals surface area contributed by atoms with Crippen LogP contribution in [0.15, 0.2) is 59.2 Å². The summed E-state index contributed by atoms with van der Waals surface area (Å²) in [6.07, 6.45) is 1.65. The predicted octanol–water partition coefficient (Wildman–Crippen LogP) is 4.39. The summed E-state index contributed by atoms with van der Waals surface area (Å²) in [5, 5.41) is 3.61. The third-order valence-electron chi connectivity index (χ3n) is 3.05. The zero-order valence-corrected chi connectivity index (χ0v) is 12.4. The van der Waals surface area contributed by atoms with Crippen LogP contribution in [0.25, 0.3) is 10.9 Å². The number of anilines is 1. The van der Waals surface area contributed by atoms with Crippen molar-refractivity contribution in [2.45, 2.75) is 0 Å². The molecule has 0 radical (unpaired) electrons. The number of carbonyl (C=O) groups excluding carboxylic acids is 1. The molecule has 0 saturated heterocycles. The van der Waals surface area contributed by atoms with Crippen molar-refractivity contribution in [2.75, 3.05) is 5.32 Å². The summed E-state index contributed by atoms with van der Waals surface area (Å²) in [5.74, 6) is -1.07. The van der Waals surface area contributed by atoms with Crippen molar-refractivity contribution in [3.05, 3.63) is 70.6 Å². The van der Waals surface area contributed by atoms with Crippen LogP contribution < -0.4 is 5.32 Å². The van der Waals surface area contributed by atoms with Gasteiger partial charge in [-0.2, -0.15) is 0 Å². The number of amides is 1. The van der Waals surface area contributed by atoms with Crippen LogP contribution in [-0.2, 0) is 0 Å². The second kappa shape index (κ2) is 5.61. The van der Waals surface area contributed by atoms with Crippen molar-refractivity contribution < 1.29 is 9.18 Å². The van der Waals surface area contributed by atoms with Crippen LogP contribution in [0, 0.1) is 5.82 Å². The molecule has 3 aromatic rings. The number of hydrogen-bond acceptors (Lipinski definition) is 2. The van der Waals surface area contributed by atoms with Gasteiger partial charge in [-0.05, 0) is 30.3 Å². The minimum atomic E-state index is -0.566. The van der Waals surface area contributed by atoms with Crippen molar-refractivity contribution in [3.63, 3.8) is 0 Å². The zero-order valence-electron chi connectivity index (χ0n) is 10.8. The van der Waals surface area contributed by atoms with Crippen molar-refractivity contribution in [1.82, 2.24) is 4.98 Å². The van der Waals surface area contributed by atoms with E-state index in [2.05, 4.69) is 26.2 Å². The average Bonchev–Trinajstić information content (AvgIpc) is 2.50. The molecule has 1 aromatic heterocycles. The smallest absolute Gasteiger partial charge is 0.258 e. The highest BCUT2D eigenvalue weighted by Crippen LogP contribution is 2.22. The van der Waals surface area contributed by atoms with Gasteiger partial charge in [0.1, 0.15) is 5.82 Å². The lowest BCUT2D eigenvalue weighted by atomic mass is 10.1. The van der Waals surface area contributed by atoms with Crippen molar-refractivity contribution in [3.8, 4) is 0 Å². The maximum absolute atomic E-state index is 13.7. The first kappa shape index (κ1) is 13.7. The Morgan fingerprint density at radius 1 is 1.14 bits per heavy atom. The Balaban J connectivity index is 1.99. The predicted molar refractivity (Wildman–Crippen MR) is 83.8 cm³/mol. The van der Waals surface area contributed by atoms with E-state index in [1.165, 1.54) is 12.1 Å². The SMILES string of the molecule is O=C(Nc1cccc2cccnc12)c1cc(Br)ccc1F. The lowest BCUT2D eigenvalue weighted by molar-refractivity contribution is 0.102. The molecular formula is C16H10BrFN2O. The molecule has 0 fully saturated rings. The number of benzene rings is 2. The molecular weight excluding hydrogens is 335 g/mol. The van der Waals surface area contributed by atoms with Gasteiger partial charge in [-0.1, -0.05) is 34.1 Å². The van der Waals surface area contributed by atoms with Crippen LogP contribution in [0.1, 0.15) is 10.4 Å². The Labute approximate surface area is 128 Å². The number of fused-ring (bicyclic) bond motifs is 1. The second-order valence-electron chi connectivity index (χ2n) is 4.46. The summed E-state index contributed by atoms with van der Waals surface area (Å²) in [4.78, 5) is 16.5. The van der Waals surface area contributed by atoms with Crippen LogP contribution in [-0.4, -0.2) is 10.9 Å². The Bertz CT molecular complexity index is 830. The molecule has 1 amide bonds. The van der Waals surface area contributed by atoms with Gasteiger partial charge in [0.05, 0.1) is 16.8 Å². The number of hydrogen-bond donors (Lipinski definition) is 1. The number of nitrogens with one attached hydrogen (secondary N) is 1. The number of halogens is 2. The van der Waals surface area contributed by atoms with Crippen LogP contribution >= 0.6 is 15.9 Å². The molecule has 21 heavy (non-hydrogen) atoms. The van der Waals surface area contributed by atoms with Gasteiger partial charge >= 0.3 is 0 Å². The molecule has 0 atom stereocenters. The van der Waals surface area contributed by atoms with E-state index < -0.39 is 11.7 Å². The summed E-state index contributed by atoms with van der Waals surface area (Å²) >= 11 is 3.23. The van der Waals surface area contributed by atoms with Gasteiger partial charge in [0, 0.05) is 16.1 Å². The molecule has 0 aliphatic carbocycles. The van der Waals surface area contributed by atoms with Gasteiger partial charge in [-0.15, -0.1) is 0 Å². The topological polar surface area (TPSA) is 42.0 Å². The maximum Gasteiger partial charge on any atom is 0.258 e. The molecule has 0 aliphatic heterocycles. The van der Waals surface area contributed by atoms with E-state index in [-0.39, 0.29) is 5.56 Å². The van der Waals surface area contributed by atoms with Gasteiger partial charge in [0.2, 0.25) is 0 Å². The Morgan fingerprint density at radius 3 is 2.81 bits per heavy atom. The van der Waals surface area contributed by atoms with E-state index in [9.17, 15) is 9.18 Å².